The fraction of sp³-hybridized carbons (Fsp3) is 0.762. The van der Waals surface area contributed by atoms with E-state index in [1.54, 1.807) is 0 Å². The monoisotopic (exact) mass is 739 g/mol. The van der Waals surface area contributed by atoms with Crippen molar-refractivity contribution in [3.05, 3.63) is 48.6 Å². The normalized spacial score (nSPS) is 12.9. The second kappa shape index (κ2) is 37.8. The van der Waals surface area contributed by atoms with Gasteiger partial charge < -0.3 is 19.3 Å². The number of carbonyl (C=O) groups excluding carboxylic acids is 2. The number of esters is 2. The maximum Gasteiger partial charge on any atom is 0.469 e. The molecule has 0 saturated heterocycles. The molecule has 0 rings (SSSR count). The predicted octanol–water partition coefficient (Wildman–Crippen LogP) is 12.3. The summed E-state index contributed by atoms with van der Waals surface area (Å²) in [5, 5.41) is 0. The SMILES string of the molecule is CCC/C=C/C/C=C/C/C=C/C/C=C/CCCCCC(=O)O[C@H](COC(=O)CCCCCCCCCCCCCCCCCC)COP(=O)(O)O. The maximum atomic E-state index is 12.4. The van der Waals surface area contributed by atoms with Crippen molar-refractivity contribution in [2.24, 2.45) is 0 Å². The molecular formula is C42H75O8P. The van der Waals surface area contributed by atoms with Gasteiger partial charge in [-0.3, -0.25) is 14.1 Å². The van der Waals surface area contributed by atoms with E-state index in [1.807, 2.05) is 0 Å². The molecule has 8 nitrogen and oxygen atoms in total. The molecule has 296 valence electrons. The summed E-state index contributed by atoms with van der Waals surface area (Å²) in [7, 11) is -4.76. The minimum atomic E-state index is -4.76. The lowest BCUT2D eigenvalue weighted by Crippen LogP contribution is -2.29. The lowest BCUT2D eigenvalue weighted by Gasteiger charge is -2.18. The van der Waals surface area contributed by atoms with Crippen LogP contribution in [-0.2, 0) is 28.2 Å². The van der Waals surface area contributed by atoms with Gasteiger partial charge in [0.2, 0.25) is 0 Å². The second-order valence-electron chi connectivity index (χ2n) is 13.6. The van der Waals surface area contributed by atoms with Crippen molar-refractivity contribution >= 4 is 19.8 Å². The highest BCUT2D eigenvalue weighted by Gasteiger charge is 2.22. The highest BCUT2D eigenvalue weighted by Crippen LogP contribution is 2.36. The Bertz CT molecular complexity index is 968. The molecule has 0 aliphatic carbocycles. The van der Waals surface area contributed by atoms with Crippen molar-refractivity contribution in [1.29, 1.82) is 0 Å². The van der Waals surface area contributed by atoms with Crippen LogP contribution in [0, 0.1) is 0 Å². The van der Waals surface area contributed by atoms with Gasteiger partial charge in [-0.15, -0.1) is 0 Å². The standard InChI is InChI=1S/C42H75O8P/c1-3-5-7-9-11-13-15-17-19-21-23-25-27-29-31-33-35-37-42(44)50-40(39-49-51(45,46)47)38-48-41(43)36-34-32-30-28-26-24-22-20-18-16-14-12-10-8-6-4-2/h7,9,13,15,19,21,25,27,40H,3-6,8,10-12,14,16-18,20,22-24,26,28-39H2,1-2H3,(H2,45,46,47)/b9-7+,15-13+,21-19+,27-25+/t40-/m1/s1. The van der Waals surface area contributed by atoms with Gasteiger partial charge in [0.1, 0.15) is 6.61 Å². The molecule has 0 amide bonds. The summed E-state index contributed by atoms with van der Waals surface area (Å²) in [6.45, 7) is 3.60. The van der Waals surface area contributed by atoms with Crippen LogP contribution in [0.1, 0.15) is 187 Å². The molecule has 1 atom stereocenters. The van der Waals surface area contributed by atoms with E-state index in [2.05, 4.69) is 67.0 Å². The van der Waals surface area contributed by atoms with Crippen LogP contribution in [0.15, 0.2) is 48.6 Å². The van der Waals surface area contributed by atoms with Crippen molar-refractivity contribution in [3.8, 4) is 0 Å². The molecule has 9 heteroatoms. The summed E-state index contributed by atoms with van der Waals surface area (Å²) in [6, 6.07) is 0. The van der Waals surface area contributed by atoms with E-state index in [1.165, 1.54) is 89.9 Å². The van der Waals surface area contributed by atoms with Crippen molar-refractivity contribution < 1.29 is 37.9 Å². The number of unbranched alkanes of at least 4 members (excludes halogenated alkanes) is 19. The van der Waals surface area contributed by atoms with E-state index in [-0.39, 0.29) is 19.4 Å². The lowest BCUT2D eigenvalue weighted by atomic mass is 10.0. The molecule has 0 aromatic heterocycles. The van der Waals surface area contributed by atoms with Gasteiger partial charge in [0.05, 0.1) is 6.61 Å². The van der Waals surface area contributed by atoms with Gasteiger partial charge >= 0.3 is 19.8 Å². The van der Waals surface area contributed by atoms with Crippen LogP contribution in [0.2, 0.25) is 0 Å². The third-order valence-corrected chi connectivity index (χ3v) is 9.07. The number of ether oxygens (including phenoxy) is 2. The molecule has 0 saturated carbocycles. The van der Waals surface area contributed by atoms with Crippen LogP contribution in [0.5, 0.6) is 0 Å². The van der Waals surface area contributed by atoms with Crippen molar-refractivity contribution in [1.82, 2.24) is 0 Å². The Morgan fingerprint density at radius 3 is 1.39 bits per heavy atom. The van der Waals surface area contributed by atoms with Crippen LogP contribution >= 0.6 is 7.82 Å². The zero-order valence-electron chi connectivity index (χ0n) is 32.5. The largest absolute Gasteiger partial charge is 0.469 e. The molecule has 0 bridgehead atoms. The lowest BCUT2D eigenvalue weighted by molar-refractivity contribution is -0.161. The smallest absolute Gasteiger partial charge is 0.462 e. The third-order valence-electron chi connectivity index (χ3n) is 8.58. The van der Waals surface area contributed by atoms with Gasteiger partial charge in [-0.1, -0.05) is 172 Å². The summed E-state index contributed by atoms with van der Waals surface area (Å²) >= 11 is 0. The number of phosphoric acid groups is 1. The van der Waals surface area contributed by atoms with Gasteiger partial charge in [-0.05, 0) is 51.4 Å². The van der Waals surface area contributed by atoms with E-state index in [0.29, 0.717) is 6.42 Å². The number of allylic oxidation sites excluding steroid dienone is 8. The third kappa shape index (κ3) is 40.6. The molecule has 0 aliphatic heterocycles. The van der Waals surface area contributed by atoms with Crippen LogP contribution in [0.4, 0.5) is 0 Å². The molecule has 0 aromatic rings. The minimum absolute atomic E-state index is 0.175. The highest BCUT2D eigenvalue weighted by atomic mass is 31.2. The molecule has 0 fully saturated rings. The molecule has 0 radical (unpaired) electrons. The molecule has 0 aliphatic rings. The first kappa shape index (κ1) is 49.0. The quantitative estimate of drug-likeness (QED) is 0.0280. The zero-order valence-corrected chi connectivity index (χ0v) is 33.4. The number of hydrogen-bond acceptors (Lipinski definition) is 6. The van der Waals surface area contributed by atoms with Gasteiger partial charge in [0.15, 0.2) is 6.10 Å². The Hall–Kier alpha value is -1.99. The maximum absolute atomic E-state index is 12.4. The molecule has 0 spiro atoms. The van der Waals surface area contributed by atoms with Crippen LogP contribution in [0.3, 0.4) is 0 Å². The van der Waals surface area contributed by atoms with Crippen molar-refractivity contribution in [2.75, 3.05) is 13.2 Å². The molecular weight excluding hydrogens is 663 g/mol. The fourth-order valence-electron chi connectivity index (χ4n) is 5.54. The number of phosphoric ester groups is 1. The Morgan fingerprint density at radius 1 is 0.510 bits per heavy atom. The van der Waals surface area contributed by atoms with Crippen LogP contribution in [0.25, 0.3) is 0 Å². The average Bonchev–Trinajstić information content (AvgIpc) is 3.10. The Morgan fingerprint density at radius 2 is 0.922 bits per heavy atom. The Balaban J connectivity index is 3.98. The number of hydrogen-bond donors (Lipinski definition) is 2. The minimum Gasteiger partial charge on any atom is -0.462 e. The van der Waals surface area contributed by atoms with E-state index in [4.69, 9.17) is 19.3 Å². The van der Waals surface area contributed by atoms with Gasteiger partial charge in [0.25, 0.3) is 0 Å². The number of rotatable bonds is 37. The van der Waals surface area contributed by atoms with Gasteiger partial charge in [0, 0.05) is 12.8 Å². The number of carbonyl (C=O) groups is 2. The van der Waals surface area contributed by atoms with Gasteiger partial charge in [-0.2, -0.15) is 0 Å². The molecule has 0 aromatic carbocycles. The fourth-order valence-corrected chi connectivity index (χ4v) is 5.90. The Labute approximate surface area is 312 Å². The van der Waals surface area contributed by atoms with Crippen LogP contribution in [-0.4, -0.2) is 41.0 Å². The highest BCUT2D eigenvalue weighted by molar-refractivity contribution is 7.46. The summed E-state index contributed by atoms with van der Waals surface area (Å²) < 4.78 is 26.3. The average molecular weight is 739 g/mol. The zero-order chi connectivity index (χ0) is 37.5. The van der Waals surface area contributed by atoms with Crippen molar-refractivity contribution in [3.63, 3.8) is 0 Å². The van der Waals surface area contributed by atoms with Crippen LogP contribution < -0.4 is 0 Å². The first-order valence-electron chi connectivity index (χ1n) is 20.4. The van der Waals surface area contributed by atoms with E-state index in [9.17, 15) is 14.2 Å². The molecule has 0 unspecified atom stereocenters. The van der Waals surface area contributed by atoms with E-state index < -0.39 is 32.5 Å². The predicted molar refractivity (Wildman–Crippen MR) is 211 cm³/mol. The van der Waals surface area contributed by atoms with Crippen molar-refractivity contribution in [2.45, 2.75) is 193 Å². The first-order chi connectivity index (χ1) is 24.8. The second-order valence-corrected chi connectivity index (χ2v) is 14.9. The summed E-state index contributed by atoms with van der Waals surface area (Å²) in [4.78, 5) is 42.8. The Kier molecular flexibility index (Phi) is 36.3. The molecule has 51 heavy (non-hydrogen) atoms. The first-order valence-corrected chi connectivity index (χ1v) is 22.0. The summed E-state index contributed by atoms with van der Waals surface area (Å²) in [5.74, 6) is -0.918. The van der Waals surface area contributed by atoms with Gasteiger partial charge in [-0.25, -0.2) is 4.57 Å². The molecule has 2 N–H and O–H groups in total. The van der Waals surface area contributed by atoms with E-state index >= 15 is 0 Å². The summed E-state index contributed by atoms with van der Waals surface area (Å²) in [6.07, 6.45) is 45.4. The van der Waals surface area contributed by atoms with E-state index in [0.717, 1.165) is 64.2 Å². The topological polar surface area (TPSA) is 119 Å². The molecule has 0 heterocycles. The summed E-state index contributed by atoms with van der Waals surface area (Å²) in [5.41, 5.74) is 0.